The van der Waals surface area contributed by atoms with Crippen molar-refractivity contribution in [2.45, 2.75) is 13.8 Å². The lowest BCUT2D eigenvalue weighted by Gasteiger charge is -2.14. The minimum absolute atomic E-state index is 0.0701. The lowest BCUT2D eigenvalue weighted by molar-refractivity contribution is 0.0950. The molecule has 4 heteroatoms. The monoisotopic (exact) mass is 274 g/mol. The first-order chi connectivity index (χ1) is 9.58. The first kappa shape index (κ1) is 16.2. The SMILES string of the molecule is CCN(C)CCNC(=O)c1ccc(C#CCO)c(C)c1. The summed E-state index contributed by atoms with van der Waals surface area (Å²) in [6.45, 7) is 6.26. The zero-order valence-electron chi connectivity index (χ0n) is 12.4. The highest BCUT2D eigenvalue weighted by Crippen LogP contribution is 2.10. The van der Waals surface area contributed by atoms with E-state index in [1.165, 1.54) is 0 Å². The van der Waals surface area contributed by atoms with Gasteiger partial charge in [0.15, 0.2) is 0 Å². The molecule has 1 amide bonds. The van der Waals surface area contributed by atoms with Gasteiger partial charge in [-0.3, -0.25) is 4.79 Å². The molecule has 0 radical (unpaired) electrons. The van der Waals surface area contributed by atoms with Crippen LogP contribution in [-0.4, -0.2) is 49.2 Å². The molecule has 0 unspecified atom stereocenters. The number of aryl methyl sites for hydroxylation is 1. The molecule has 20 heavy (non-hydrogen) atoms. The molecule has 0 aliphatic carbocycles. The molecule has 0 heterocycles. The average Bonchev–Trinajstić information content (AvgIpc) is 2.45. The largest absolute Gasteiger partial charge is 0.384 e. The Hall–Kier alpha value is -1.83. The van der Waals surface area contributed by atoms with Crippen LogP contribution in [-0.2, 0) is 0 Å². The highest BCUT2D eigenvalue weighted by atomic mass is 16.2. The second-order valence-corrected chi connectivity index (χ2v) is 4.64. The topological polar surface area (TPSA) is 52.6 Å². The maximum atomic E-state index is 12.0. The summed E-state index contributed by atoms with van der Waals surface area (Å²) in [6.07, 6.45) is 0. The van der Waals surface area contributed by atoms with Gasteiger partial charge in [-0.2, -0.15) is 0 Å². The van der Waals surface area contributed by atoms with Crippen molar-refractivity contribution < 1.29 is 9.90 Å². The molecule has 2 N–H and O–H groups in total. The van der Waals surface area contributed by atoms with E-state index in [0.717, 1.165) is 24.2 Å². The summed E-state index contributed by atoms with van der Waals surface area (Å²) in [4.78, 5) is 14.1. The van der Waals surface area contributed by atoms with Gasteiger partial charge in [0, 0.05) is 24.2 Å². The number of likely N-dealkylation sites (N-methyl/N-ethyl adjacent to an activating group) is 1. The number of amides is 1. The van der Waals surface area contributed by atoms with Crippen molar-refractivity contribution in [3.05, 3.63) is 34.9 Å². The van der Waals surface area contributed by atoms with Crippen LogP contribution in [0.2, 0.25) is 0 Å². The van der Waals surface area contributed by atoms with Gasteiger partial charge in [-0.25, -0.2) is 0 Å². The van der Waals surface area contributed by atoms with E-state index in [4.69, 9.17) is 5.11 Å². The van der Waals surface area contributed by atoms with Crippen LogP contribution in [0.4, 0.5) is 0 Å². The van der Waals surface area contributed by atoms with Crippen molar-refractivity contribution >= 4 is 5.91 Å². The predicted molar refractivity (Wildman–Crippen MR) is 80.6 cm³/mol. The van der Waals surface area contributed by atoms with E-state index in [-0.39, 0.29) is 12.5 Å². The number of nitrogens with zero attached hydrogens (tertiary/aromatic N) is 1. The van der Waals surface area contributed by atoms with Crippen LogP contribution in [0.25, 0.3) is 0 Å². The van der Waals surface area contributed by atoms with Gasteiger partial charge < -0.3 is 15.3 Å². The second kappa shape index (κ2) is 8.36. The minimum Gasteiger partial charge on any atom is -0.384 e. The number of hydrogen-bond acceptors (Lipinski definition) is 3. The summed E-state index contributed by atoms with van der Waals surface area (Å²) in [7, 11) is 2.02. The maximum absolute atomic E-state index is 12.0. The van der Waals surface area contributed by atoms with Gasteiger partial charge in [0.1, 0.15) is 6.61 Å². The number of nitrogens with one attached hydrogen (secondary N) is 1. The van der Waals surface area contributed by atoms with Crippen LogP contribution in [0.5, 0.6) is 0 Å². The summed E-state index contributed by atoms with van der Waals surface area (Å²) in [5.74, 6) is 5.39. The Labute approximate surface area is 120 Å². The number of aliphatic hydroxyl groups excluding tert-OH is 1. The molecule has 0 saturated heterocycles. The molecular formula is C16H22N2O2. The average molecular weight is 274 g/mol. The van der Waals surface area contributed by atoms with E-state index in [1.54, 1.807) is 6.07 Å². The van der Waals surface area contributed by atoms with E-state index in [1.807, 2.05) is 26.1 Å². The van der Waals surface area contributed by atoms with E-state index < -0.39 is 0 Å². The number of benzene rings is 1. The van der Waals surface area contributed by atoms with Gasteiger partial charge in [-0.05, 0) is 44.3 Å². The molecule has 108 valence electrons. The maximum Gasteiger partial charge on any atom is 0.251 e. The van der Waals surface area contributed by atoms with Gasteiger partial charge in [0.2, 0.25) is 0 Å². The predicted octanol–water partition coefficient (Wildman–Crippen LogP) is 1.02. The van der Waals surface area contributed by atoms with Crippen LogP contribution in [0.15, 0.2) is 18.2 Å². The van der Waals surface area contributed by atoms with E-state index in [0.29, 0.717) is 12.1 Å². The fourth-order valence-electron chi connectivity index (χ4n) is 1.70. The van der Waals surface area contributed by atoms with Gasteiger partial charge in [-0.15, -0.1) is 0 Å². The number of hydrogen-bond donors (Lipinski definition) is 2. The summed E-state index contributed by atoms with van der Waals surface area (Å²) in [5, 5.41) is 11.6. The number of carbonyl (C=O) groups is 1. The van der Waals surface area contributed by atoms with Crippen molar-refractivity contribution in [1.29, 1.82) is 0 Å². The molecule has 0 spiro atoms. The highest BCUT2D eigenvalue weighted by Gasteiger charge is 2.06. The molecule has 0 saturated carbocycles. The Balaban J connectivity index is 2.63. The lowest BCUT2D eigenvalue weighted by atomic mass is 10.0. The molecule has 0 fully saturated rings. The number of rotatable bonds is 5. The minimum atomic E-state index is -0.160. The summed E-state index contributed by atoms with van der Waals surface area (Å²) in [5.41, 5.74) is 2.40. The normalized spacial score (nSPS) is 10.1. The Kier molecular flexibility index (Phi) is 6.78. The van der Waals surface area contributed by atoms with Crippen molar-refractivity contribution in [3.63, 3.8) is 0 Å². The molecule has 1 rings (SSSR count). The third-order valence-electron chi connectivity index (χ3n) is 3.11. The van der Waals surface area contributed by atoms with Crippen LogP contribution in [0.1, 0.15) is 28.4 Å². The van der Waals surface area contributed by atoms with Crippen LogP contribution in [0, 0.1) is 18.8 Å². The quantitative estimate of drug-likeness (QED) is 0.788. The highest BCUT2D eigenvalue weighted by molar-refractivity contribution is 5.94. The van der Waals surface area contributed by atoms with Crippen molar-refractivity contribution in [1.82, 2.24) is 10.2 Å². The molecule has 0 aromatic heterocycles. The van der Waals surface area contributed by atoms with E-state index in [2.05, 4.69) is 29.0 Å². The van der Waals surface area contributed by atoms with Crippen LogP contribution < -0.4 is 5.32 Å². The first-order valence-electron chi connectivity index (χ1n) is 6.75. The molecular weight excluding hydrogens is 252 g/mol. The van der Waals surface area contributed by atoms with Crippen LogP contribution >= 0.6 is 0 Å². The van der Waals surface area contributed by atoms with Crippen LogP contribution in [0.3, 0.4) is 0 Å². The van der Waals surface area contributed by atoms with E-state index in [9.17, 15) is 4.79 Å². The molecule has 0 aliphatic rings. The van der Waals surface area contributed by atoms with Crippen molar-refractivity contribution in [2.24, 2.45) is 0 Å². The molecule has 0 aliphatic heterocycles. The van der Waals surface area contributed by atoms with Gasteiger partial charge in [-0.1, -0.05) is 18.8 Å². The van der Waals surface area contributed by atoms with E-state index >= 15 is 0 Å². The third-order valence-corrected chi connectivity index (χ3v) is 3.11. The van der Waals surface area contributed by atoms with Crippen molar-refractivity contribution in [2.75, 3.05) is 33.3 Å². The Morgan fingerprint density at radius 3 is 2.80 bits per heavy atom. The van der Waals surface area contributed by atoms with Crippen molar-refractivity contribution in [3.8, 4) is 11.8 Å². The third kappa shape index (κ3) is 5.04. The summed E-state index contributed by atoms with van der Waals surface area (Å²) in [6, 6.07) is 5.39. The molecule has 0 atom stereocenters. The zero-order chi connectivity index (χ0) is 15.0. The molecule has 1 aromatic rings. The fraction of sp³-hybridized carbons (Fsp3) is 0.438. The number of carbonyl (C=O) groups excluding carboxylic acids is 1. The van der Waals surface area contributed by atoms with Gasteiger partial charge in [0.05, 0.1) is 0 Å². The summed E-state index contributed by atoms with van der Waals surface area (Å²) < 4.78 is 0. The summed E-state index contributed by atoms with van der Waals surface area (Å²) >= 11 is 0. The smallest absolute Gasteiger partial charge is 0.251 e. The Morgan fingerprint density at radius 1 is 1.45 bits per heavy atom. The lowest BCUT2D eigenvalue weighted by Crippen LogP contribution is -2.32. The molecule has 0 bridgehead atoms. The Bertz CT molecular complexity index is 515. The fourth-order valence-corrected chi connectivity index (χ4v) is 1.70. The number of aliphatic hydroxyl groups is 1. The Morgan fingerprint density at radius 2 is 2.20 bits per heavy atom. The standard InChI is InChI=1S/C16H22N2O2/c1-4-18(3)10-9-17-16(20)15-8-7-14(6-5-11-19)13(2)12-15/h7-8,12,19H,4,9-11H2,1-3H3,(H,17,20). The second-order valence-electron chi connectivity index (χ2n) is 4.64. The van der Waals surface area contributed by atoms with Gasteiger partial charge in [0.25, 0.3) is 5.91 Å². The molecule has 1 aromatic carbocycles. The van der Waals surface area contributed by atoms with Gasteiger partial charge >= 0.3 is 0 Å². The first-order valence-corrected chi connectivity index (χ1v) is 6.75. The molecule has 4 nitrogen and oxygen atoms in total. The zero-order valence-corrected chi connectivity index (χ0v) is 12.4.